The standard InChI is InChI=1S/C13H25N3O/c1-13(2,14)12(17)16-9-5-11(6-10-16)15-7-3-4-8-15/h11H,3-10,14H2,1-2H3. The van der Waals surface area contributed by atoms with Gasteiger partial charge in [-0.3, -0.25) is 4.79 Å². The maximum absolute atomic E-state index is 12.0. The van der Waals surface area contributed by atoms with Crippen molar-refractivity contribution in [3.8, 4) is 0 Å². The molecule has 2 aliphatic rings. The third-order valence-corrected chi connectivity index (χ3v) is 3.96. The van der Waals surface area contributed by atoms with Gasteiger partial charge in [-0.25, -0.2) is 0 Å². The van der Waals surface area contributed by atoms with Crippen molar-refractivity contribution in [1.29, 1.82) is 0 Å². The van der Waals surface area contributed by atoms with E-state index in [0.29, 0.717) is 6.04 Å². The Balaban J connectivity index is 1.83. The van der Waals surface area contributed by atoms with E-state index < -0.39 is 5.54 Å². The molecule has 0 atom stereocenters. The molecule has 0 spiro atoms. The zero-order valence-corrected chi connectivity index (χ0v) is 11.1. The van der Waals surface area contributed by atoms with Gasteiger partial charge in [-0.1, -0.05) is 0 Å². The van der Waals surface area contributed by atoms with Gasteiger partial charge in [-0.2, -0.15) is 0 Å². The molecule has 17 heavy (non-hydrogen) atoms. The van der Waals surface area contributed by atoms with E-state index in [2.05, 4.69) is 4.90 Å². The van der Waals surface area contributed by atoms with E-state index in [-0.39, 0.29) is 5.91 Å². The highest BCUT2D eigenvalue weighted by atomic mass is 16.2. The molecular formula is C13H25N3O. The first-order chi connectivity index (χ1) is 7.98. The fourth-order valence-corrected chi connectivity index (χ4v) is 2.95. The minimum atomic E-state index is -0.722. The number of rotatable bonds is 2. The summed E-state index contributed by atoms with van der Waals surface area (Å²) in [5, 5.41) is 0. The van der Waals surface area contributed by atoms with E-state index in [0.717, 1.165) is 25.9 Å². The molecule has 0 aliphatic carbocycles. The van der Waals surface area contributed by atoms with Crippen LogP contribution in [-0.2, 0) is 4.79 Å². The van der Waals surface area contributed by atoms with Gasteiger partial charge in [-0.15, -0.1) is 0 Å². The Bertz CT molecular complexity index is 271. The predicted molar refractivity (Wildman–Crippen MR) is 68.7 cm³/mol. The van der Waals surface area contributed by atoms with Crippen LogP contribution in [0.2, 0.25) is 0 Å². The molecule has 2 N–H and O–H groups in total. The molecule has 2 saturated heterocycles. The highest BCUT2D eigenvalue weighted by Gasteiger charge is 2.32. The van der Waals surface area contributed by atoms with Crippen LogP contribution >= 0.6 is 0 Å². The van der Waals surface area contributed by atoms with E-state index in [4.69, 9.17) is 5.73 Å². The molecule has 0 bridgehead atoms. The third kappa shape index (κ3) is 2.99. The summed E-state index contributed by atoms with van der Waals surface area (Å²) in [6, 6.07) is 0.697. The Kier molecular flexibility index (Phi) is 3.73. The van der Waals surface area contributed by atoms with Crippen molar-refractivity contribution in [3.05, 3.63) is 0 Å². The van der Waals surface area contributed by atoms with Crippen molar-refractivity contribution in [2.24, 2.45) is 5.73 Å². The maximum Gasteiger partial charge on any atom is 0.242 e. The van der Waals surface area contributed by atoms with Crippen LogP contribution in [0.5, 0.6) is 0 Å². The summed E-state index contributed by atoms with van der Waals surface area (Å²) in [7, 11) is 0. The Morgan fingerprint density at radius 3 is 2.12 bits per heavy atom. The number of piperidine rings is 1. The second kappa shape index (κ2) is 4.94. The lowest BCUT2D eigenvalue weighted by Crippen LogP contribution is -2.55. The lowest BCUT2D eigenvalue weighted by atomic mass is 9.99. The number of amides is 1. The SMILES string of the molecule is CC(C)(N)C(=O)N1CCC(N2CCCC2)CC1. The molecule has 0 aromatic carbocycles. The molecule has 98 valence electrons. The van der Waals surface area contributed by atoms with Crippen LogP contribution in [0.25, 0.3) is 0 Å². The summed E-state index contributed by atoms with van der Waals surface area (Å²) in [5.74, 6) is 0.0948. The molecule has 1 amide bonds. The van der Waals surface area contributed by atoms with Crippen LogP contribution in [-0.4, -0.2) is 53.5 Å². The molecule has 2 rings (SSSR count). The second-order valence-corrected chi connectivity index (χ2v) is 5.99. The highest BCUT2D eigenvalue weighted by molar-refractivity contribution is 5.85. The first kappa shape index (κ1) is 12.8. The molecule has 4 nitrogen and oxygen atoms in total. The first-order valence-corrected chi connectivity index (χ1v) is 6.81. The molecule has 0 radical (unpaired) electrons. The smallest absolute Gasteiger partial charge is 0.242 e. The van der Waals surface area contributed by atoms with Gasteiger partial charge in [0.05, 0.1) is 5.54 Å². The largest absolute Gasteiger partial charge is 0.341 e. The molecule has 0 unspecified atom stereocenters. The van der Waals surface area contributed by atoms with Crippen LogP contribution in [0.3, 0.4) is 0 Å². The topological polar surface area (TPSA) is 49.6 Å². The molecule has 0 aromatic rings. The molecular weight excluding hydrogens is 214 g/mol. The van der Waals surface area contributed by atoms with Crippen molar-refractivity contribution in [2.45, 2.75) is 51.1 Å². The summed E-state index contributed by atoms with van der Waals surface area (Å²) in [6.07, 6.45) is 4.91. The van der Waals surface area contributed by atoms with Crippen LogP contribution in [0.4, 0.5) is 0 Å². The average molecular weight is 239 g/mol. The summed E-state index contributed by atoms with van der Waals surface area (Å²) >= 11 is 0. The summed E-state index contributed by atoms with van der Waals surface area (Å²) < 4.78 is 0. The van der Waals surface area contributed by atoms with Crippen molar-refractivity contribution in [3.63, 3.8) is 0 Å². The van der Waals surface area contributed by atoms with Gasteiger partial charge in [0.15, 0.2) is 0 Å². The van der Waals surface area contributed by atoms with Crippen molar-refractivity contribution >= 4 is 5.91 Å². The fraction of sp³-hybridized carbons (Fsp3) is 0.923. The molecule has 2 aliphatic heterocycles. The molecule has 2 heterocycles. The monoisotopic (exact) mass is 239 g/mol. The van der Waals surface area contributed by atoms with Gasteiger partial charge < -0.3 is 15.5 Å². The van der Waals surface area contributed by atoms with Crippen molar-refractivity contribution in [1.82, 2.24) is 9.80 Å². The Morgan fingerprint density at radius 1 is 1.12 bits per heavy atom. The Morgan fingerprint density at radius 2 is 1.65 bits per heavy atom. The quantitative estimate of drug-likeness (QED) is 0.776. The van der Waals surface area contributed by atoms with Crippen molar-refractivity contribution in [2.75, 3.05) is 26.2 Å². The van der Waals surface area contributed by atoms with Gasteiger partial charge in [-0.05, 0) is 52.6 Å². The normalized spacial score (nSPS) is 24.3. The lowest BCUT2D eigenvalue weighted by Gasteiger charge is -2.38. The second-order valence-electron chi connectivity index (χ2n) is 5.99. The van der Waals surface area contributed by atoms with Gasteiger partial charge in [0.1, 0.15) is 0 Å². The number of hydrogen-bond donors (Lipinski definition) is 1. The number of likely N-dealkylation sites (tertiary alicyclic amines) is 2. The number of carbonyl (C=O) groups is 1. The predicted octanol–water partition coefficient (Wildman–Crippen LogP) is 0.811. The lowest BCUT2D eigenvalue weighted by molar-refractivity contribution is -0.137. The zero-order valence-electron chi connectivity index (χ0n) is 11.1. The fourth-order valence-electron chi connectivity index (χ4n) is 2.95. The van der Waals surface area contributed by atoms with Crippen LogP contribution in [0.15, 0.2) is 0 Å². The number of hydrogen-bond acceptors (Lipinski definition) is 3. The summed E-state index contributed by atoms with van der Waals surface area (Å²) in [5.41, 5.74) is 5.14. The minimum absolute atomic E-state index is 0.0948. The number of carbonyl (C=O) groups excluding carboxylic acids is 1. The molecule has 0 aromatic heterocycles. The van der Waals surface area contributed by atoms with Gasteiger partial charge >= 0.3 is 0 Å². The van der Waals surface area contributed by atoms with Crippen LogP contribution < -0.4 is 5.73 Å². The minimum Gasteiger partial charge on any atom is -0.341 e. The molecule has 4 heteroatoms. The first-order valence-electron chi connectivity index (χ1n) is 6.81. The van der Waals surface area contributed by atoms with E-state index in [1.54, 1.807) is 13.8 Å². The average Bonchev–Trinajstić information content (AvgIpc) is 2.80. The van der Waals surface area contributed by atoms with E-state index in [1.807, 2.05) is 4.90 Å². The summed E-state index contributed by atoms with van der Waals surface area (Å²) in [4.78, 5) is 16.6. The van der Waals surface area contributed by atoms with E-state index in [1.165, 1.54) is 25.9 Å². The van der Waals surface area contributed by atoms with Crippen LogP contribution in [0, 0.1) is 0 Å². The number of nitrogens with two attached hydrogens (primary N) is 1. The molecule has 2 fully saturated rings. The van der Waals surface area contributed by atoms with Crippen LogP contribution in [0.1, 0.15) is 39.5 Å². The van der Waals surface area contributed by atoms with Gasteiger partial charge in [0, 0.05) is 19.1 Å². The maximum atomic E-state index is 12.0. The van der Waals surface area contributed by atoms with Crippen molar-refractivity contribution < 1.29 is 4.79 Å². The number of nitrogens with zero attached hydrogens (tertiary/aromatic N) is 2. The van der Waals surface area contributed by atoms with E-state index in [9.17, 15) is 4.79 Å². The molecule has 0 saturated carbocycles. The Labute approximate surface area is 104 Å². The van der Waals surface area contributed by atoms with E-state index >= 15 is 0 Å². The highest BCUT2D eigenvalue weighted by Crippen LogP contribution is 2.22. The summed E-state index contributed by atoms with van der Waals surface area (Å²) in [6.45, 7) is 7.84. The Hall–Kier alpha value is -0.610. The third-order valence-electron chi connectivity index (χ3n) is 3.96. The van der Waals surface area contributed by atoms with Gasteiger partial charge in [0.25, 0.3) is 0 Å². The van der Waals surface area contributed by atoms with Gasteiger partial charge in [0.2, 0.25) is 5.91 Å². The zero-order chi connectivity index (χ0) is 12.5.